The van der Waals surface area contributed by atoms with Gasteiger partial charge in [-0.25, -0.2) is 0 Å². The molecule has 1 heterocycles. The number of hydrogen-bond acceptors (Lipinski definition) is 3. The molecule has 96 valence electrons. The summed E-state index contributed by atoms with van der Waals surface area (Å²) in [5.41, 5.74) is 9.92. The standard InChI is InChI=1S/C15H15N3O/c1-3-14(19)18-11-6-7-13(16)12(9-11)15-10(2)5-4-8-17-15/h3-9H,1,16H2,2H3,(H,18,19). The minimum atomic E-state index is -0.256. The van der Waals surface area contributed by atoms with Gasteiger partial charge in [0.25, 0.3) is 0 Å². The first kappa shape index (κ1) is 12.8. The van der Waals surface area contributed by atoms with Crippen molar-refractivity contribution in [3.8, 4) is 11.3 Å². The number of rotatable bonds is 3. The Labute approximate surface area is 112 Å². The highest BCUT2D eigenvalue weighted by Gasteiger charge is 2.08. The second-order valence-corrected chi connectivity index (χ2v) is 4.16. The molecule has 19 heavy (non-hydrogen) atoms. The molecule has 3 N–H and O–H groups in total. The first-order chi connectivity index (χ1) is 9.11. The van der Waals surface area contributed by atoms with Gasteiger partial charge in [0.1, 0.15) is 0 Å². The van der Waals surface area contributed by atoms with E-state index in [9.17, 15) is 4.79 Å². The number of carbonyl (C=O) groups is 1. The van der Waals surface area contributed by atoms with Crippen LogP contribution in [0.1, 0.15) is 5.56 Å². The van der Waals surface area contributed by atoms with Gasteiger partial charge in [0, 0.05) is 23.1 Å². The maximum atomic E-state index is 11.3. The van der Waals surface area contributed by atoms with Crippen molar-refractivity contribution < 1.29 is 4.79 Å². The van der Waals surface area contributed by atoms with Gasteiger partial charge in [0.2, 0.25) is 5.91 Å². The molecule has 0 bridgehead atoms. The predicted molar refractivity (Wildman–Crippen MR) is 77.6 cm³/mol. The lowest BCUT2D eigenvalue weighted by molar-refractivity contribution is -0.111. The number of amides is 1. The highest BCUT2D eigenvalue weighted by atomic mass is 16.1. The van der Waals surface area contributed by atoms with Crippen LogP contribution in [0.25, 0.3) is 11.3 Å². The van der Waals surface area contributed by atoms with Crippen molar-refractivity contribution >= 4 is 17.3 Å². The number of benzene rings is 1. The summed E-state index contributed by atoms with van der Waals surface area (Å²) in [4.78, 5) is 15.6. The Morgan fingerprint density at radius 3 is 2.89 bits per heavy atom. The third-order valence-electron chi connectivity index (χ3n) is 2.77. The second-order valence-electron chi connectivity index (χ2n) is 4.16. The van der Waals surface area contributed by atoms with Crippen LogP contribution >= 0.6 is 0 Å². The Bertz CT molecular complexity index is 635. The van der Waals surface area contributed by atoms with Crippen molar-refractivity contribution in [1.29, 1.82) is 0 Å². The Morgan fingerprint density at radius 2 is 2.21 bits per heavy atom. The van der Waals surface area contributed by atoms with Crippen molar-refractivity contribution in [2.75, 3.05) is 11.1 Å². The molecule has 4 nitrogen and oxygen atoms in total. The van der Waals surface area contributed by atoms with Crippen LogP contribution in [-0.4, -0.2) is 10.9 Å². The zero-order valence-corrected chi connectivity index (χ0v) is 10.7. The SMILES string of the molecule is C=CC(=O)Nc1ccc(N)c(-c2ncccc2C)c1. The largest absolute Gasteiger partial charge is 0.398 e. The molecule has 1 amide bonds. The van der Waals surface area contributed by atoms with Gasteiger partial charge in [-0.15, -0.1) is 0 Å². The molecule has 0 aliphatic carbocycles. The molecular weight excluding hydrogens is 238 g/mol. The number of aryl methyl sites for hydroxylation is 1. The molecule has 0 fully saturated rings. The fraction of sp³-hybridized carbons (Fsp3) is 0.0667. The molecule has 0 spiro atoms. The van der Waals surface area contributed by atoms with Gasteiger partial charge in [-0.05, 0) is 42.8 Å². The number of nitrogens with two attached hydrogens (primary N) is 1. The lowest BCUT2D eigenvalue weighted by Gasteiger charge is -2.10. The summed E-state index contributed by atoms with van der Waals surface area (Å²) in [7, 11) is 0. The lowest BCUT2D eigenvalue weighted by atomic mass is 10.0. The van der Waals surface area contributed by atoms with Gasteiger partial charge in [0.15, 0.2) is 0 Å². The number of hydrogen-bond donors (Lipinski definition) is 2. The minimum absolute atomic E-state index is 0.256. The number of aromatic nitrogens is 1. The molecule has 2 rings (SSSR count). The van der Waals surface area contributed by atoms with Gasteiger partial charge >= 0.3 is 0 Å². The van der Waals surface area contributed by atoms with Crippen molar-refractivity contribution in [3.63, 3.8) is 0 Å². The highest BCUT2D eigenvalue weighted by Crippen LogP contribution is 2.29. The third kappa shape index (κ3) is 2.80. The van der Waals surface area contributed by atoms with Crippen LogP contribution in [0, 0.1) is 6.92 Å². The van der Waals surface area contributed by atoms with Crippen molar-refractivity contribution in [2.45, 2.75) is 6.92 Å². The van der Waals surface area contributed by atoms with Crippen LogP contribution < -0.4 is 11.1 Å². The molecule has 4 heteroatoms. The van der Waals surface area contributed by atoms with E-state index >= 15 is 0 Å². The Balaban J connectivity index is 2.46. The fourth-order valence-electron chi connectivity index (χ4n) is 1.80. The summed E-state index contributed by atoms with van der Waals surface area (Å²) < 4.78 is 0. The van der Waals surface area contributed by atoms with E-state index in [0.717, 1.165) is 16.8 Å². The topological polar surface area (TPSA) is 68.0 Å². The lowest BCUT2D eigenvalue weighted by Crippen LogP contribution is -2.07. The second kappa shape index (κ2) is 5.35. The molecule has 0 unspecified atom stereocenters. The summed E-state index contributed by atoms with van der Waals surface area (Å²) in [5.74, 6) is -0.256. The van der Waals surface area contributed by atoms with Gasteiger partial charge in [0.05, 0.1) is 5.69 Å². The predicted octanol–water partition coefficient (Wildman–Crippen LogP) is 2.76. The monoisotopic (exact) mass is 253 g/mol. The van der Waals surface area contributed by atoms with E-state index in [1.165, 1.54) is 6.08 Å². The van der Waals surface area contributed by atoms with E-state index in [1.807, 2.05) is 25.1 Å². The number of nitrogen functional groups attached to an aromatic ring is 1. The van der Waals surface area contributed by atoms with Crippen LogP contribution in [0.4, 0.5) is 11.4 Å². The molecule has 0 saturated carbocycles. The first-order valence-corrected chi connectivity index (χ1v) is 5.86. The Hall–Kier alpha value is -2.62. The maximum Gasteiger partial charge on any atom is 0.247 e. The maximum absolute atomic E-state index is 11.3. The summed E-state index contributed by atoms with van der Waals surface area (Å²) in [6.07, 6.45) is 2.94. The zero-order valence-electron chi connectivity index (χ0n) is 10.7. The van der Waals surface area contributed by atoms with Crippen molar-refractivity contribution in [3.05, 3.63) is 54.7 Å². The van der Waals surface area contributed by atoms with E-state index in [0.29, 0.717) is 11.4 Å². The molecule has 1 aromatic carbocycles. The van der Waals surface area contributed by atoms with E-state index in [-0.39, 0.29) is 5.91 Å². The van der Waals surface area contributed by atoms with Gasteiger partial charge in [-0.3, -0.25) is 9.78 Å². The molecule has 0 radical (unpaired) electrons. The number of nitrogens with one attached hydrogen (secondary N) is 1. The third-order valence-corrected chi connectivity index (χ3v) is 2.77. The summed E-state index contributed by atoms with van der Waals surface area (Å²) in [6.45, 7) is 5.39. The minimum Gasteiger partial charge on any atom is -0.398 e. The van der Waals surface area contributed by atoms with E-state index in [2.05, 4.69) is 16.9 Å². The van der Waals surface area contributed by atoms with Crippen molar-refractivity contribution in [2.24, 2.45) is 0 Å². The number of anilines is 2. The average Bonchev–Trinajstić information content (AvgIpc) is 2.41. The number of nitrogens with zero attached hydrogens (tertiary/aromatic N) is 1. The molecular formula is C15H15N3O. The van der Waals surface area contributed by atoms with Crippen LogP contribution in [-0.2, 0) is 4.79 Å². The highest BCUT2D eigenvalue weighted by molar-refractivity contribution is 5.99. The number of carbonyl (C=O) groups excluding carboxylic acids is 1. The van der Waals surface area contributed by atoms with Crippen molar-refractivity contribution in [1.82, 2.24) is 4.98 Å². The molecule has 0 saturated heterocycles. The van der Waals surface area contributed by atoms with Gasteiger partial charge in [-0.1, -0.05) is 12.6 Å². The summed E-state index contributed by atoms with van der Waals surface area (Å²) in [6, 6.07) is 9.15. The number of pyridine rings is 1. The molecule has 0 aliphatic rings. The summed E-state index contributed by atoms with van der Waals surface area (Å²) >= 11 is 0. The first-order valence-electron chi connectivity index (χ1n) is 5.86. The van der Waals surface area contributed by atoms with Crippen LogP contribution in [0.15, 0.2) is 49.2 Å². The quantitative estimate of drug-likeness (QED) is 0.653. The zero-order chi connectivity index (χ0) is 13.8. The Kier molecular flexibility index (Phi) is 3.61. The molecule has 1 aromatic heterocycles. The molecule has 2 aromatic rings. The van der Waals surface area contributed by atoms with Gasteiger partial charge in [-0.2, -0.15) is 0 Å². The summed E-state index contributed by atoms with van der Waals surface area (Å²) in [5, 5.41) is 2.71. The van der Waals surface area contributed by atoms with Crippen LogP contribution in [0.2, 0.25) is 0 Å². The fourth-order valence-corrected chi connectivity index (χ4v) is 1.80. The Morgan fingerprint density at radius 1 is 1.42 bits per heavy atom. The van der Waals surface area contributed by atoms with Crippen LogP contribution in [0.3, 0.4) is 0 Å². The van der Waals surface area contributed by atoms with E-state index in [1.54, 1.807) is 18.3 Å². The smallest absolute Gasteiger partial charge is 0.247 e. The normalized spacial score (nSPS) is 9.95. The molecule has 0 atom stereocenters. The van der Waals surface area contributed by atoms with Gasteiger partial charge < -0.3 is 11.1 Å². The van der Waals surface area contributed by atoms with Crippen LogP contribution in [0.5, 0.6) is 0 Å². The van der Waals surface area contributed by atoms with E-state index in [4.69, 9.17) is 5.73 Å². The average molecular weight is 253 g/mol. The van der Waals surface area contributed by atoms with E-state index < -0.39 is 0 Å². The molecule has 0 aliphatic heterocycles.